The number of carbonyl (C=O) groups excluding carboxylic acids is 1. The Balaban J connectivity index is 2.18. The summed E-state index contributed by atoms with van der Waals surface area (Å²) in [5.41, 5.74) is 1.82. The molecule has 0 atom stereocenters. The SMILES string of the molecule is CNc1nnc(C(=O)Nc2cc(I)ccc2C)s1. The van der Waals surface area contributed by atoms with Crippen molar-refractivity contribution in [3.05, 3.63) is 32.3 Å². The summed E-state index contributed by atoms with van der Waals surface area (Å²) in [7, 11) is 1.74. The predicted octanol–water partition coefficient (Wildman–Crippen LogP) is 2.75. The molecule has 1 amide bonds. The zero-order valence-electron chi connectivity index (χ0n) is 9.82. The van der Waals surface area contributed by atoms with Crippen LogP contribution in [0.4, 0.5) is 10.8 Å². The normalized spacial score (nSPS) is 10.2. The zero-order valence-corrected chi connectivity index (χ0v) is 12.8. The fraction of sp³-hybridized carbons (Fsp3) is 0.182. The predicted molar refractivity (Wildman–Crippen MR) is 81.3 cm³/mol. The van der Waals surface area contributed by atoms with Gasteiger partial charge in [-0.1, -0.05) is 17.4 Å². The van der Waals surface area contributed by atoms with Gasteiger partial charge in [-0.25, -0.2) is 0 Å². The summed E-state index contributed by atoms with van der Waals surface area (Å²) in [4.78, 5) is 12.0. The zero-order chi connectivity index (χ0) is 13.1. The van der Waals surface area contributed by atoms with Crippen molar-refractivity contribution in [3.63, 3.8) is 0 Å². The van der Waals surface area contributed by atoms with E-state index in [0.717, 1.165) is 14.8 Å². The highest BCUT2D eigenvalue weighted by atomic mass is 127. The van der Waals surface area contributed by atoms with Crippen LogP contribution in [0.1, 0.15) is 15.4 Å². The van der Waals surface area contributed by atoms with Crippen molar-refractivity contribution in [2.75, 3.05) is 17.7 Å². The third-order valence-corrected chi connectivity index (χ3v) is 3.89. The number of amides is 1. The summed E-state index contributed by atoms with van der Waals surface area (Å²) in [6.45, 7) is 1.95. The first kappa shape index (κ1) is 13.2. The number of benzene rings is 1. The van der Waals surface area contributed by atoms with E-state index in [1.807, 2.05) is 25.1 Å². The van der Waals surface area contributed by atoms with Gasteiger partial charge in [-0.3, -0.25) is 4.79 Å². The van der Waals surface area contributed by atoms with E-state index < -0.39 is 0 Å². The minimum atomic E-state index is -0.237. The van der Waals surface area contributed by atoms with Gasteiger partial charge in [-0.15, -0.1) is 10.2 Å². The van der Waals surface area contributed by atoms with Crippen LogP contribution in [0, 0.1) is 10.5 Å². The van der Waals surface area contributed by atoms with Crippen molar-refractivity contribution >= 4 is 50.7 Å². The molecule has 2 aromatic rings. The fourth-order valence-electron chi connectivity index (χ4n) is 1.32. The van der Waals surface area contributed by atoms with E-state index in [0.29, 0.717) is 10.1 Å². The van der Waals surface area contributed by atoms with E-state index in [1.54, 1.807) is 7.05 Å². The van der Waals surface area contributed by atoms with E-state index in [2.05, 4.69) is 43.4 Å². The van der Waals surface area contributed by atoms with Gasteiger partial charge in [0.05, 0.1) is 0 Å². The number of anilines is 2. The Morgan fingerprint density at radius 2 is 2.17 bits per heavy atom. The number of carbonyl (C=O) groups is 1. The molecule has 1 heterocycles. The quantitative estimate of drug-likeness (QED) is 0.811. The maximum Gasteiger partial charge on any atom is 0.286 e. The van der Waals surface area contributed by atoms with Crippen molar-refractivity contribution in [1.82, 2.24) is 10.2 Å². The average molecular weight is 374 g/mol. The smallest absolute Gasteiger partial charge is 0.286 e. The summed E-state index contributed by atoms with van der Waals surface area (Å²) in [5, 5.41) is 14.3. The Kier molecular flexibility index (Phi) is 4.12. The van der Waals surface area contributed by atoms with E-state index in [9.17, 15) is 4.79 Å². The third kappa shape index (κ3) is 2.96. The lowest BCUT2D eigenvalue weighted by Crippen LogP contribution is -2.12. The first-order chi connectivity index (χ1) is 8.60. The summed E-state index contributed by atoms with van der Waals surface area (Å²) < 4.78 is 1.07. The minimum absolute atomic E-state index is 0.237. The van der Waals surface area contributed by atoms with Gasteiger partial charge in [0, 0.05) is 16.3 Å². The van der Waals surface area contributed by atoms with Gasteiger partial charge in [0.25, 0.3) is 5.91 Å². The number of nitrogens with zero attached hydrogens (tertiary/aromatic N) is 2. The molecule has 18 heavy (non-hydrogen) atoms. The van der Waals surface area contributed by atoms with Gasteiger partial charge >= 0.3 is 0 Å². The van der Waals surface area contributed by atoms with Gasteiger partial charge in [-0.05, 0) is 47.2 Å². The molecular weight excluding hydrogens is 363 g/mol. The van der Waals surface area contributed by atoms with Crippen LogP contribution in [0.25, 0.3) is 0 Å². The minimum Gasteiger partial charge on any atom is -0.363 e. The van der Waals surface area contributed by atoms with Crippen LogP contribution in [-0.2, 0) is 0 Å². The number of hydrogen-bond acceptors (Lipinski definition) is 5. The lowest BCUT2D eigenvalue weighted by Gasteiger charge is -2.06. The highest BCUT2D eigenvalue weighted by Crippen LogP contribution is 2.20. The lowest BCUT2D eigenvalue weighted by molar-refractivity contribution is 0.102. The molecule has 0 aliphatic heterocycles. The fourth-order valence-corrected chi connectivity index (χ4v) is 2.40. The van der Waals surface area contributed by atoms with Gasteiger partial charge in [0.2, 0.25) is 10.1 Å². The largest absolute Gasteiger partial charge is 0.363 e. The molecular formula is C11H11IN4OS. The molecule has 0 radical (unpaired) electrons. The average Bonchev–Trinajstić information content (AvgIpc) is 2.82. The van der Waals surface area contributed by atoms with E-state index >= 15 is 0 Å². The van der Waals surface area contributed by atoms with E-state index in [4.69, 9.17) is 0 Å². The molecule has 7 heteroatoms. The Morgan fingerprint density at radius 3 is 2.83 bits per heavy atom. The van der Waals surface area contributed by atoms with Crippen molar-refractivity contribution in [2.45, 2.75) is 6.92 Å². The van der Waals surface area contributed by atoms with E-state index in [1.165, 1.54) is 11.3 Å². The molecule has 5 nitrogen and oxygen atoms in total. The molecule has 0 bridgehead atoms. The first-order valence-corrected chi connectivity index (χ1v) is 7.08. The summed E-state index contributed by atoms with van der Waals surface area (Å²) >= 11 is 3.43. The lowest BCUT2D eigenvalue weighted by atomic mass is 10.2. The maximum absolute atomic E-state index is 12.0. The van der Waals surface area contributed by atoms with Crippen LogP contribution < -0.4 is 10.6 Å². The van der Waals surface area contributed by atoms with Gasteiger partial charge < -0.3 is 10.6 Å². The highest BCUT2D eigenvalue weighted by Gasteiger charge is 2.13. The molecule has 1 aromatic heterocycles. The maximum atomic E-state index is 12.0. The molecule has 0 spiro atoms. The second kappa shape index (κ2) is 5.61. The number of aryl methyl sites for hydroxylation is 1. The number of hydrogen-bond donors (Lipinski definition) is 2. The Hall–Kier alpha value is -1.22. The van der Waals surface area contributed by atoms with Crippen LogP contribution in [0.15, 0.2) is 18.2 Å². The van der Waals surface area contributed by atoms with Gasteiger partial charge in [0.1, 0.15) is 0 Å². The number of halogens is 1. The second-order valence-electron chi connectivity index (χ2n) is 3.58. The van der Waals surface area contributed by atoms with Crippen molar-refractivity contribution in [3.8, 4) is 0 Å². The van der Waals surface area contributed by atoms with Crippen LogP contribution in [0.5, 0.6) is 0 Å². The first-order valence-electron chi connectivity index (χ1n) is 5.19. The molecule has 94 valence electrons. The number of aromatic nitrogens is 2. The summed E-state index contributed by atoms with van der Waals surface area (Å²) in [6.07, 6.45) is 0. The highest BCUT2D eigenvalue weighted by molar-refractivity contribution is 14.1. The molecule has 0 saturated heterocycles. The molecule has 2 N–H and O–H groups in total. The van der Waals surface area contributed by atoms with Crippen LogP contribution in [0.2, 0.25) is 0 Å². The molecule has 0 aliphatic carbocycles. The van der Waals surface area contributed by atoms with Crippen molar-refractivity contribution in [1.29, 1.82) is 0 Å². The summed E-state index contributed by atoms with van der Waals surface area (Å²) in [5.74, 6) is -0.237. The number of rotatable bonds is 3. The van der Waals surface area contributed by atoms with Crippen LogP contribution in [-0.4, -0.2) is 23.2 Å². The van der Waals surface area contributed by atoms with Crippen LogP contribution >= 0.6 is 33.9 Å². The Bertz CT molecular complexity index is 584. The molecule has 0 fully saturated rings. The number of nitrogens with one attached hydrogen (secondary N) is 2. The van der Waals surface area contributed by atoms with Gasteiger partial charge in [0.15, 0.2) is 0 Å². The third-order valence-electron chi connectivity index (χ3n) is 2.28. The molecule has 1 aromatic carbocycles. The molecule has 0 saturated carbocycles. The standard InChI is InChI=1S/C11H11IN4OS/c1-6-3-4-7(12)5-8(6)14-9(17)10-15-16-11(13-2)18-10/h3-5H,1-2H3,(H,13,16)(H,14,17). The Morgan fingerprint density at radius 1 is 1.39 bits per heavy atom. The van der Waals surface area contributed by atoms with Crippen molar-refractivity contribution in [2.24, 2.45) is 0 Å². The Labute approximate surface area is 122 Å². The molecule has 0 unspecified atom stereocenters. The topological polar surface area (TPSA) is 66.9 Å². The molecule has 2 rings (SSSR count). The monoisotopic (exact) mass is 374 g/mol. The van der Waals surface area contributed by atoms with Crippen LogP contribution in [0.3, 0.4) is 0 Å². The van der Waals surface area contributed by atoms with Gasteiger partial charge in [-0.2, -0.15) is 0 Å². The summed E-state index contributed by atoms with van der Waals surface area (Å²) in [6, 6.07) is 5.89. The van der Waals surface area contributed by atoms with E-state index in [-0.39, 0.29) is 5.91 Å². The second-order valence-corrected chi connectivity index (χ2v) is 5.80. The molecule has 0 aliphatic rings. The van der Waals surface area contributed by atoms with Crippen molar-refractivity contribution < 1.29 is 4.79 Å².